The Labute approximate surface area is 249 Å². The van der Waals surface area contributed by atoms with Gasteiger partial charge in [0.2, 0.25) is 5.91 Å². The van der Waals surface area contributed by atoms with E-state index in [1.165, 1.54) is 16.8 Å². The van der Waals surface area contributed by atoms with Crippen molar-refractivity contribution in [1.29, 1.82) is 0 Å². The number of hydrogen-bond acceptors (Lipinski definition) is 8. The molecule has 0 aliphatic carbocycles. The summed E-state index contributed by atoms with van der Waals surface area (Å²) in [6.07, 6.45) is -2.68. The number of carbonyl (C=O) groups excluding carboxylic acids is 1. The summed E-state index contributed by atoms with van der Waals surface area (Å²) in [4.78, 5) is 28.6. The van der Waals surface area contributed by atoms with Gasteiger partial charge >= 0.3 is 5.69 Å². The lowest BCUT2D eigenvalue weighted by Crippen LogP contribution is -2.51. The Hall–Kier alpha value is -4.51. The Bertz CT molecular complexity index is 1540. The molecule has 43 heavy (non-hydrogen) atoms. The molecule has 3 N–H and O–H groups in total. The number of rotatable bonds is 10. The molecule has 1 fully saturated rings. The van der Waals surface area contributed by atoms with Gasteiger partial charge in [0, 0.05) is 19.0 Å². The number of aliphatic hydroxyl groups is 2. The number of nitrogens with zero attached hydrogens (tertiary/aromatic N) is 2. The van der Waals surface area contributed by atoms with Crippen LogP contribution in [-0.4, -0.2) is 58.2 Å². The summed E-state index contributed by atoms with van der Waals surface area (Å²) in [7, 11) is 3.17. The molecule has 5 rings (SSSR count). The highest BCUT2D eigenvalue weighted by Crippen LogP contribution is 2.47. The topological polar surface area (TPSA) is 132 Å². The second-order valence-corrected chi connectivity index (χ2v) is 10.3. The zero-order valence-electron chi connectivity index (χ0n) is 24.2. The lowest BCUT2D eigenvalue weighted by molar-refractivity contribution is -0.115. The van der Waals surface area contributed by atoms with Gasteiger partial charge in [0.1, 0.15) is 35.8 Å². The molecule has 0 radical (unpaired) electrons. The van der Waals surface area contributed by atoms with Gasteiger partial charge in [0.15, 0.2) is 0 Å². The number of benzene rings is 3. The second-order valence-electron chi connectivity index (χ2n) is 10.3. The van der Waals surface area contributed by atoms with Gasteiger partial charge in [-0.1, -0.05) is 61.5 Å². The molecule has 10 heteroatoms. The van der Waals surface area contributed by atoms with E-state index in [0.29, 0.717) is 11.5 Å². The summed E-state index contributed by atoms with van der Waals surface area (Å²) in [6.45, 7) is 1.70. The lowest BCUT2D eigenvalue weighted by atomic mass is 9.64. The first-order valence-electron chi connectivity index (χ1n) is 14.1. The number of amides is 1. The van der Waals surface area contributed by atoms with Gasteiger partial charge in [-0.05, 0) is 47.0 Å². The van der Waals surface area contributed by atoms with E-state index in [-0.39, 0.29) is 24.6 Å². The molecule has 4 atom stereocenters. The number of anilines is 1. The third-order valence-corrected chi connectivity index (χ3v) is 7.94. The Balaban J connectivity index is 1.60. The predicted molar refractivity (Wildman–Crippen MR) is 160 cm³/mol. The van der Waals surface area contributed by atoms with Gasteiger partial charge in [0.05, 0.1) is 25.7 Å². The molecule has 0 bridgehead atoms. The Morgan fingerprint density at radius 2 is 1.53 bits per heavy atom. The van der Waals surface area contributed by atoms with Gasteiger partial charge in [-0.2, -0.15) is 4.98 Å². The molecule has 0 saturated carbocycles. The molecule has 224 valence electrons. The highest BCUT2D eigenvalue weighted by Gasteiger charge is 2.52. The molecule has 2 heterocycles. The van der Waals surface area contributed by atoms with Gasteiger partial charge in [0.25, 0.3) is 0 Å². The van der Waals surface area contributed by atoms with Crippen molar-refractivity contribution in [3.8, 4) is 11.5 Å². The van der Waals surface area contributed by atoms with Crippen molar-refractivity contribution < 1.29 is 29.2 Å². The molecular weight excluding hydrogens is 550 g/mol. The summed E-state index contributed by atoms with van der Waals surface area (Å²) in [5.74, 6) is 1.16. The fourth-order valence-electron chi connectivity index (χ4n) is 5.73. The SMILES string of the molecule is CCC(=O)Nc1ccn([C@H]2C[C@H](O)[C@@H](C(O)C(c3ccccc3)(c3ccc(OC)cc3)c3ccc(OC)cc3)O2)c(=O)n1. The van der Waals surface area contributed by atoms with E-state index in [9.17, 15) is 19.8 Å². The van der Waals surface area contributed by atoms with E-state index in [4.69, 9.17) is 14.2 Å². The maximum absolute atomic E-state index is 12.9. The molecule has 1 saturated heterocycles. The first kappa shape index (κ1) is 30.0. The second kappa shape index (κ2) is 12.8. The van der Waals surface area contributed by atoms with Crippen molar-refractivity contribution in [3.63, 3.8) is 0 Å². The minimum Gasteiger partial charge on any atom is -0.497 e. The first-order valence-corrected chi connectivity index (χ1v) is 14.1. The number of methoxy groups -OCH3 is 2. The third-order valence-electron chi connectivity index (χ3n) is 7.94. The van der Waals surface area contributed by atoms with Crippen molar-refractivity contribution in [3.05, 3.63) is 118 Å². The maximum atomic E-state index is 12.9. The Kier molecular flexibility index (Phi) is 8.91. The highest BCUT2D eigenvalue weighted by molar-refractivity contribution is 5.89. The van der Waals surface area contributed by atoms with Crippen LogP contribution < -0.4 is 20.5 Å². The van der Waals surface area contributed by atoms with Crippen LogP contribution in [0.1, 0.15) is 42.7 Å². The fourth-order valence-corrected chi connectivity index (χ4v) is 5.73. The molecule has 4 aromatic rings. The molecule has 3 aromatic carbocycles. The summed E-state index contributed by atoms with van der Waals surface area (Å²) in [5.41, 5.74) is 0.392. The fraction of sp³-hybridized carbons (Fsp3) is 0.303. The number of aromatic nitrogens is 2. The van der Waals surface area contributed by atoms with Crippen LogP contribution in [0.25, 0.3) is 0 Å². The van der Waals surface area contributed by atoms with Crippen LogP contribution in [0, 0.1) is 0 Å². The van der Waals surface area contributed by atoms with Gasteiger partial charge in [-0.15, -0.1) is 0 Å². The minimum atomic E-state index is -1.32. The van der Waals surface area contributed by atoms with Crippen molar-refractivity contribution in [2.45, 2.75) is 49.7 Å². The molecule has 1 aromatic heterocycles. The molecule has 0 spiro atoms. The molecular formula is C33H35N3O7. The molecule has 1 aliphatic rings. The Morgan fingerprint density at radius 1 is 0.977 bits per heavy atom. The van der Waals surface area contributed by atoms with Crippen LogP contribution in [0.4, 0.5) is 5.82 Å². The number of carbonyl (C=O) groups is 1. The van der Waals surface area contributed by atoms with Crippen LogP contribution in [0.3, 0.4) is 0 Å². The average Bonchev–Trinajstić information content (AvgIpc) is 3.43. The van der Waals surface area contributed by atoms with E-state index in [2.05, 4.69) is 10.3 Å². The van der Waals surface area contributed by atoms with E-state index in [1.807, 2.05) is 78.9 Å². The normalized spacial score (nSPS) is 19.0. The average molecular weight is 586 g/mol. The lowest BCUT2D eigenvalue weighted by Gasteiger charge is -2.43. The highest BCUT2D eigenvalue weighted by atomic mass is 16.5. The van der Waals surface area contributed by atoms with Crippen LogP contribution >= 0.6 is 0 Å². The Morgan fingerprint density at radius 3 is 2.05 bits per heavy atom. The number of aliphatic hydroxyl groups excluding tert-OH is 2. The monoisotopic (exact) mass is 585 g/mol. The van der Waals surface area contributed by atoms with E-state index >= 15 is 0 Å². The molecule has 10 nitrogen and oxygen atoms in total. The molecule has 1 unspecified atom stereocenters. The van der Waals surface area contributed by atoms with Crippen molar-refractivity contribution in [2.24, 2.45) is 0 Å². The summed E-state index contributed by atoms with van der Waals surface area (Å²) in [6, 6.07) is 25.8. The minimum absolute atomic E-state index is 0.0417. The van der Waals surface area contributed by atoms with Gasteiger partial charge in [-0.25, -0.2) is 4.79 Å². The zero-order valence-corrected chi connectivity index (χ0v) is 24.2. The predicted octanol–water partition coefficient (Wildman–Crippen LogP) is 3.65. The molecule has 1 amide bonds. The van der Waals surface area contributed by atoms with Crippen molar-refractivity contribution >= 4 is 11.7 Å². The van der Waals surface area contributed by atoms with E-state index < -0.39 is 35.6 Å². The zero-order chi connectivity index (χ0) is 30.6. The standard InChI is InChI=1S/C33H35N3O7/c1-4-28(38)34-27-18-19-36(32(40)35-27)29-20-26(37)30(43-29)31(39)33(21-8-6-5-7-9-21,22-10-14-24(41-2)15-11-22)23-12-16-25(42-3)17-13-23/h5-19,26,29-31,37,39H,4,20H2,1-3H3,(H,34,35,38,40)/t26-,29+,30-,31?/m0/s1. The van der Waals surface area contributed by atoms with Crippen LogP contribution in [0.5, 0.6) is 11.5 Å². The van der Waals surface area contributed by atoms with E-state index in [1.54, 1.807) is 21.1 Å². The summed E-state index contributed by atoms with van der Waals surface area (Å²) in [5, 5.41) is 26.4. The van der Waals surface area contributed by atoms with Crippen molar-refractivity contribution in [2.75, 3.05) is 19.5 Å². The van der Waals surface area contributed by atoms with Crippen LogP contribution in [-0.2, 0) is 14.9 Å². The first-order chi connectivity index (χ1) is 20.8. The summed E-state index contributed by atoms with van der Waals surface area (Å²) < 4.78 is 18.4. The summed E-state index contributed by atoms with van der Waals surface area (Å²) >= 11 is 0. The van der Waals surface area contributed by atoms with E-state index in [0.717, 1.165) is 16.7 Å². The largest absolute Gasteiger partial charge is 0.497 e. The maximum Gasteiger partial charge on any atom is 0.351 e. The quantitative estimate of drug-likeness (QED) is 0.240. The van der Waals surface area contributed by atoms with Gasteiger partial charge < -0.3 is 29.7 Å². The number of ether oxygens (including phenoxy) is 3. The van der Waals surface area contributed by atoms with Crippen molar-refractivity contribution in [1.82, 2.24) is 9.55 Å². The number of hydrogen-bond donors (Lipinski definition) is 3. The van der Waals surface area contributed by atoms with Gasteiger partial charge in [-0.3, -0.25) is 9.36 Å². The number of nitrogens with one attached hydrogen (secondary N) is 1. The molecule has 1 aliphatic heterocycles. The third kappa shape index (κ3) is 5.77. The smallest absolute Gasteiger partial charge is 0.351 e. The van der Waals surface area contributed by atoms with Crippen LogP contribution in [0.2, 0.25) is 0 Å². The van der Waals surface area contributed by atoms with Crippen LogP contribution in [0.15, 0.2) is 95.9 Å².